The topological polar surface area (TPSA) is 94.5 Å². The lowest BCUT2D eigenvalue weighted by Crippen LogP contribution is -2.38. The molecule has 2 saturated heterocycles. The zero-order chi connectivity index (χ0) is 22.9. The molecule has 0 spiro atoms. The van der Waals surface area contributed by atoms with Crippen LogP contribution in [0.3, 0.4) is 0 Å². The molecule has 2 aromatic rings. The Morgan fingerprint density at radius 3 is 2.53 bits per heavy atom. The van der Waals surface area contributed by atoms with Crippen molar-refractivity contribution < 1.29 is 27.4 Å². The number of benzene rings is 2. The Hall–Kier alpha value is -2.72. The van der Waals surface area contributed by atoms with E-state index in [-0.39, 0.29) is 35.1 Å². The fraction of sp³-hybridized carbons (Fsp3) is 0.364. The molecule has 2 atom stereocenters. The van der Waals surface area contributed by atoms with Crippen LogP contribution < -0.4 is 19.1 Å². The quantitative estimate of drug-likeness (QED) is 0.628. The van der Waals surface area contributed by atoms with E-state index in [1.807, 2.05) is 23.1 Å². The predicted molar refractivity (Wildman–Crippen MR) is 125 cm³/mol. The standard InChI is InChI=1S/C22H24N2O6S2/c1-28-15-8-9-16(19(11-15)30-3)24-17-12-32(26,27)13-20(17)31-22(24)23-21(25)10-14-6-4-5-7-18(14)29-2/h4-9,11,17,20H,10,12-13H2,1-3H3/t17-,20+/m1/s1. The Bertz CT molecular complexity index is 1160. The first-order valence-corrected chi connectivity index (χ1v) is 12.7. The lowest BCUT2D eigenvalue weighted by atomic mass is 10.1. The Kier molecular flexibility index (Phi) is 6.34. The summed E-state index contributed by atoms with van der Waals surface area (Å²) in [7, 11) is 1.48. The Balaban J connectivity index is 1.70. The van der Waals surface area contributed by atoms with Crippen molar-refractivity contribution in [2.24, 2.45) is 4.99 Å². The van der Waals surface area contributed by atoms with Crippen LogP contribution in [-0.4, -0.2) is 63.6 Å². The van der Waals surface area contributed by atoms with E-state index < -0.39 is 9.84 Å². The number of carbonyl (C=O) groups is 1. The third kappa shape index (κ3) is 4.42. The molecule has 2 heterocycles. The highest BCUT2D eigenvalue weighted by Crippen LogP contribution is 2.44. The molecule has 8 nitrogen and oxygen atoms in total. The number of amides is 1. The van der Waals surface area contributed by atoms with Crippen LogP contribution in [0.1, 0.15) is 5.56 Å². The van der Waals surface area contributed by atoms with E-state index in [1.165, 1.54) is 18.9 Å². The molecule has 10 heteroatoms. The summed E-state index contributed by atoms with van der Waals surface area (Å²) in [5.74, 6) is 1.46. The monoisotopic (exact) mass is 476 g/mol. The average Bonchev–Trinajstić information content (AvgIpc) is 3.24. The number of methoxy groups -OCH3 is 3. The second kappa shape index (κ2) is 9.03. The molecule has 0 radical (unpaired) electrons. The molecule has 1 amide bonds. The number of amidine groups is 1. The van der Waals surface area contributed by atoms with Crippen LogP contribution >= 0.6 is 11.8 Å². The number of fused-ring (bicyclic) bond motifs is 1. The SMILES string of the molecule is COc1ccc(N2C(=NC(=O)Cc3ccccc3OC)S[C@H]3CS(=O)(=O)C[C@H]32)c(OC)c1. The number of sulfone groups is 1. The number of para-hydroxylation sites is 1. The van der Waals surface area contributed by atoms with Gasteiger partial charge < -0.3 is 19.1 Å². The van der Waals surface area contributed by atoms with Gasteiger partial charge >= 0.3 is 0 Å². The molecule has 32 heavy (non-hydrogen) atoms. The minimum atomic E-state index is -3.17. The van der Waals surface area contributed by atoms with Gasteiger partial charge in [0.15, 0.2) is 15.0 Å². The van der Waals surface area contributed by atoms with Crippen LogP contribution in [0, 0.1) is 0 Å². The molecule has 4 rings (SSSR count). The van der Waals surface area contributed by atoms with Gasteiger partial charge in [0.2, 0.25) is 0 Å². The van der Waals surface area contributed by atoms with Crippen molar-refractivity contribution in [1.82, 2.24) is 0 Å². The minimum absolute atomic E-state index is 0.000428. The molecular weight excluding hydrogens is 452 g/mol. The summed E-state index contributed by atoms with van der Waals surface area (Å²) in [6.45, 7) is 0. The fourth-order valence-electron chi connectivity index (χ4n) is 3.99. The summed E-state index contributed by atoms with van der Waals surface area (Å²) in [5, 5.41) is 0.267. The van der Waals surface area contributed by atoms with Gasteiger partial charge in [-0.2, -0.15) is 4.99 Å². The van der Waals surface area contributed by atoms with Gasteiger partial charge in [-0.05, 0) is 18.2 Å². The third-order valence-corrected chi connectivity index (χ3v) is 8.68. The molecule has 0 N–H and O–H groups in total. The molecule has 170 valence electrons. The number of rotatable bonds is 6. The van der Waals surface area contributed by atoms with Crippen molar-refractivity contribution in [1.29, 1.82) is 0 Å². The number of hydrogen-bond acceptors (Lipinski definition) is 7. The van der Waals surface area contributed by atoms with Gasteiger partial charge in [-0.15, -0.1) is 0 Å². The molecule has 2 aromatic carbocycles. The average molecular weight is 477 g/mol. The first kappa shape index (κ1) is 22.5. The van der Waals surface area contributed by atoms with Crippen molar-refractivity contribution in [3.63, 3.8) is 0 Å². The van der Waals surface area contributed by atoms with E-state index in [1.54, 1.807) is 38.5 Å². The highest BCUT2D eigenvalue weighted by atomic mass is 32.2. The summed E-state index contributed by atoms with van der Waals surface area (Å²) >= 11 is 1.32. The molecule has 0 aromatic heterocycles. The van der Waals surface area contributed by atoms with Crippen molar-refractivity contribution in [3.8, 4) is 17.2 Å². The van der Waals surface area contributed by atoms with Crippen molar-refractivity contribution in [2.45, 2.75) is 17.7 Å². The molecule has 0 aliphatic carbocycles. The number of anilines is 1. The lowest BCUT2D eigenvalue weighted by molar-refractivity contribution is -0.117. The van der Waals surface area contributed by atoms with E-state index in [9.17, 15) is 13.2 Å². The summed E-state index contributed by atoms with van der Waals surface area (Å²) in [4.78, 5) is 19.1. The lowest BCUT2D eigenvalue weighted by Gasteiger charge is -2.26. The highest BCUT2D eigenvalue weighted by molar-refractivity contribution is 8.16. The van der Waals surface area contributed by atoms with Gasteiger partial charge in [0, 0.05) is 16.9 Å². The van der Waals surface area contributed by atoms with Crippen LogP contribution in [-0.2, 0) is 21.1 Å². The highest BCUT2D eigenvalue weighted by Gasteiger charge is 2.50. The van der Waals surface area contributed by atoms with E-state index >= 15 is 0 Å². The number of aliphatic imine (C=N–C) groups is 1. The van der Waals surface area contributed by atoms with Gasteiger partial charge in [-0.1, -0.05) is 30.0 Å². The molecule has 0 bridgehead atoms. The van der Waals surface area contributed by atoms with Gasteiger partial charge in [0.1, 0.15) is 17.2 Å². The zero-order valence-corrected chi connectivity index (χ0v) is 19.6. The first-order chi connectivity index (χ1) is 15.3. The van der Waals surface area contributed by atoms with Crippen molar-refractivity contribution in [2.75, 3.05) is 37.7 Å². The van der Waals surface area contributed by atoms with Gasteiger partial charge in [-0.25, -0.2) is 8.42 Å². The largest absolute Gasteiger partial charge is 0.497 e. The predicted octanol–water partition coefficient (Wildman–Crippen LogP) is 2.56. The summed E-state index contributed by atoms with van der Waals surface area (Å²) in [6, 6.07) is 12.3. The number of carbonyl (C=O) groups excluding carboxylic acids is 1. The zero-order valence-electron chi connectivity index (χ0n) is 18.0. The first-order valence-electron chi connectivity index (χ1n) is 9.97. The Morgan fingerprint density at radius 2 is 1.81 bits per heavy atom. The molecule has 0 unspecified atom stereocenters. The van der Waals surface area contributed by atoms with E-state index in [0.29, 0.717) is 28.1 Å². The Labute approximate surface area is 191 Å². The number of hydrogen-bond donors (Lipinski definition) is 0. The fourth-order valence-corrected chi connectivity index (χ4v) is 7.91. The van der Waals surface area contributed by atoms with Crippen LogP contribution in [0.4, 0.5) is 5.69 Å². The van der Waals surface area contributed by atoms with Gasteiger partial charge in [0.25, 0.3) is 5.91 Å². The van der Waals surface area contributed by atoms with Gasteiger partial charge in [-0.3, -0.25) is 4.79 Å². The van der Waals surface area contributed by atoms with Crippen LogP contribution in [0.2, 0.25) is 0 Å². The molecular formula is C22H24N2O6S2. The normalized spacial score (nSPS) is 22.6. The van der Waals surface area contributed by atoms with E-state index in [4.69, 9.17) is 14.2 Å². The smallest absolute Gasteiger partial charge is 0.252 e. The number of thioether (sulfide) groups is 1. The Morgan fingerprint density at radius 1 is 1.06 bits per heavy atom. The van der Waals surface area contributed by atoms with E-state index in [2.05, 4.69) is 4.99 Å². The molecule has 2 aliphatic heterocycles. The number of nitrogens with zero attached hydrogens (tertiary/aromatic N) is 2. The number of ether oxygens (including phenoxy) is 3. The molecule has 2 aliphatic rings. The van der Waals surface area contributed by atoms with Crippen LogP contribution in [0.15, 0.2) is 47.5 Å². The van der Waals surface area contributed by atoms with Crippen LogP contribution in [0.5, 0.6) is 17.2 Å². The summed E-state index contributed by atoms with van der Waals surface area (Å²) < 4.78 is 40.8. The maximum atomic E-state index is 12.9. The van der Waals surface area contributed by atoms with Crippen LogP contribution in [0.25, 0.3) is 0 Å². The summed E-state index contributed by atoms with van der Waals surface area (Å²) in [5.41, 5.74) is 1.39. The molecule has 0 saturated carbocycles. The minimum Gasteiger partial charge on any atom is -0.497 e. The maximum absolute atomic E-state index is 12.9. The van der Waals surface area contributed by atoms with E-state index in [0.717, 1.165) is 5.56 Å². The third-order valence-electron chi connectivity index (χ3n) is 5.47. The van der Waals surface area contributed by atoms with Crippen molar-refractivity contribution in [3.05, 3.63) is 48.0 Å². The van der Waals surface area contributed by atoms with Crippen molar-refractivity contribution >= 4 is 38.4 Å². The maximum Gasteiger partial charge on any atom is 0.252 e. The van der Waals surface area contributed by atoms with Gasteiger partial charge in [0.05, 0.1) is 51.0 Å². The summed E-state index contributed by atoms with van der Waals surface area (Å²) in [6.07, 6.45) is 0.0787. The molecule has 2 fully saturated rings. The second-order valence-electron chi connectivity index (χ2n) is 7.49. The second-order valence-corrected chi connectivity index (χ2v) is 10.8.